The van der Waals surface area contributed by atoms with Gasteiger partial charge in [0.1, 0.15) is 6.61 Å². The van der Waals surface area contributed by atoms with E-state index in [0.29, 0.717) is 13.0 Å². The second-order valence-corrected chi connectivity index (χ2v) is 6.96. The van der Waals surface area contributed by atoms with Gasteiger partial charge in [-0.3, -0.25) is 4.79 Å². The minimum Gasteiger partial charge on any atom is -0.493 e. The topological polar surface area (TPSA) is 29.5 Å². The van der Waals surface area contributed by atoms with Crippen molar-refractivity contribution in [2.45, 2.75) is 32.3 Å². The van der Waals surface area contributed by atoms with E-state index in [1.807, 2.05) is 60.5 Å². The molecule has 0 saturated heterocycles. The fraction of sp³-hybridized carbons (Fsp3) is 0.292. The van der Waals surface area contributed by atoms with Gasteiger partial charge in [-0.15, -0.1) is 0 Å². The molecule has 3 heteroatoms. The zero-order valence-corrected chi connectivity index (χ0v) is 15.9. The fourth-order valence-corrected chi connectivity index (χ4v) is 3.07. The van der Waals surface area contributed by atoms with E-state index in [2.05, 4.69) is 24.3 Å². The summed E-state index contributed by atoms with van der Waals surface area (Å²) in [4.78, 5) is 14.3. The third-order valence-electron chi connectivity index (χ3n) is 4.85. The number of amides is 1. The number of hydrogen-bond acceptors (Lipinski definition) is 2. The Hall–Kier alpha value is -2.81. The van der Waals surface area contributed by atoms with Gasteiger partial charge >= 0.3 is 0 Å². The number of hydrogen-bond donors (Lipinski definition) is 0. The molecule has 0 N–H and O–H groups in total. The Balaban J connectivity index is 1.44. The lowest BCUT2D eigenvalue weighted by atomic mass is 10.00. The molecule has 0 heterocycles. The third-order valence-corrected chi connectivity index (χ3v) is 4.85. The summed E-state index contributed by atoms with van der Waals surface area (Å²) in [6.45, 7) is 1.34. The van der Waals surface area contributed by atoms with Gasteiger partial charge in [-0.25, -0.2) is 0 Å². The van der Waals surface area contributed by atoms with Gasteiger partial charge in [0.2, 0.25) is 5.91 Å². The van der Waals surface area contributed by atoms with Gasteiger partial charge in [-0.05, 0) is 30.0 Å². The molecular weight excluding hydrogens is 334 g/mol. The zero-order chi connectivity index (χ0) is 18.9. The first-order valence-electron chi connectivity index (χ1n) is 9.54. The Morgan fingerprint density at radius 3 is 2.22 bits per heavy atom. The number of nitrogens with zero attached hydrogens (tertiary/aromatic N) is 1. The Kier molecular flexibility index (Phi) is 6.86. The van der Waals surface area contributed by atoms with Crippen LogP contribution in [0.2, 0.25) is 0 Å². The molecule has 0 fully saturated rings. The van der Waals surface area contributed by atoms with Crippen LogP contribution in [0.4, 0.5) is 0 Å². The van der Waals surface area contributed by atoms with E-state index >= 15 is 0 Å². The average Bonchev–Trinajstić information content (AvgIpc) is 2.73. The van der Waals surface area contributed by atoms with E-state index in [1.54, 1.807) is 0 Å². The van der Waals surface area contributed by atoms with Crippen molar-refractivity contribution < 1.29 is 9.53 Å². The molecule has 1 aliphatic rings. The maximum Gasteiger partial charge on any atom is 0.226 e. The SMILES string of the molecule is CN(CCc1ccccc1)C(=O)CC1=CC=C(OCc2ccccc2)CC1. The number of carbonyl (C=O) groups excluding carboxylic acids is 1. The van der Waals surface area contributed by atoms with Crippen LogP contribution >= 0.6 is 0 Å². The number of ether oxygens (including phenoxy) is 1. The number of rotatable bonds is 8. The molecule has 0 aliphatic heterocycles. The van der Waals surface area contributed by atoms with E-state index in [1.165, 1.54) is 16.7 Å². The molecule has 140 valence electrons. The van der Waals surface area contributed by atoms with E-state index < -0.39 is 0 Å². The van der Waals surface area contributed by atoms with Crippen molar-refractivity contribution in [3.63, 3.8) is 0 Å². The van der Waals surface area contributed by atoms with Crippen LogP contribution < -0.4 is 0 Å². The predicted octanol–water partition coefficient (Wildman–Crippen LogP) is 4.90. The van der Waals surface area contributed by atoms with Crippen LogP contribution in [0.3, 0.4) is 0 Å². The van der Waals surface area contributed by atoms with E-state index in [9.17, 15) is 4.79 Å². The summed E-state index contributed by atoms with van der Waals surface area (Å²) in [6, 6.07) is 20.5. The highest BCUT2D eigenvalue weighted by molar-refractivity contribution is 5.78. The standard InChI is InChI=1S/C24H27NO2/c1-25(17-16-20-8-4-2-5-9-20)24(26)18-21-12-14-23(15-13-21)27-19-22-10-6-3-7-11-22/h2-12,14H,13,15-19H2,1H3. The van der Waals surface area contributed by atoms with Gasteiger partial charge in [-0.1, -0.05) is 72.3 Å². The number of allylic oxidation sites excluding steroid dienone is 3. The predicted molar refractivity (Wildman–Crippen MR) is 109 cm³/mol. The maximum atomic E-state index is 12.5. The molecule has 0 spiro atoms. The van der Waals surface area contributed by atoms with E-state index in [0.717, 1.165) is 31.6 Å². The second-order valence-electron chi connectivity index (χ2n) is 6.96. The van der Waals surface area contributed by atoms with Gasteiger partial charge in [0, 0.05) is 26.4 Å². The van der Waals surface area contributed by atoms with Gasteiger partial charge in [0.05, 0.1) is 5.76 Å². The molecule has 27 heavy (non-hydrogen) atoms. The van der Waals surface area contributed by atoms with Crippen molar-refractivity contribution in [2.24, 2.45) is 0 Å². The molecule has 0 radical (unpaired) electrons. The number of benzene rings is 2. The summed E-state index contributed by atoms with van der Waals surface area (Å²) >= 11 is 0. The molecule has 2 aromatic rings. The first-order chi connectivity index (χ1) is 13.2. The highest BCUT2D eigenvalue weighted by atomic mass is 16.5. The Bertz CT molecular complexity index is 794. The van der Waals surface area contributed by atoms with Crippen LogP contribution in [0.5, 0.6) is 0 Å². The van der Waals surface area contributed by atoms with Crippen molar-refractivity contribution in [3.8, 4) is 0 Å². The van der Waals surface area contributed by atoms with Crippen molar-refractivity contribution >= 4 is 5.91 Å². The largest absolute Gasteiger partial charge is 0.493 e. The lowest BCUT2D eigenvalue weighted by molar-refractivity contribution is -0.129. The Morgan fingerprint density at radius 1 is 0.926 bits per heavy atom. The normalized spacial score (nSPS) is 13.5. The van der Waals surface area contributed by atoms with Crippen molar-refractivity contribution in [2.75, 3.05) is 13.6 Å². The van der Waals surface area contributed by atoms with Crippen molar-refractivity contribution in [1.82, 2.24) is 4.90 Å². The highest BCUT2D eigenvalue weighted by Crippen LogP contribution is 2.23. The van der Waals surface area contributed by atoms with E-state index in [-0.39, 0.29) is 5.91 Å². The molecule has 0 bridgehead atoms. The quantitative estimate of drug-likeness (QED) is 0.669. The Labute approximate surface area is 162 Å². The first kappa shape index (κ1) is 19.0. The van der Waals surface area contributed by atoms with Crippen LogP contribution in [-0.4, -0.2) is 24.4 Å². The zero-order valence-electron chi connectivity index (χ0n) is 15.9. The van der Waals surface area contributed by atoms with Crippen LogP contribution in [-0.2, 0) is 22.6 Å². The minimum absolute atomic E-state index is 0.180. The Morgan fingerprint density at radius 2 is 1.59 bits per heavy atom. The first-order valence-corrected chi connectivity index (χ1v) is 9.54. The summed E-state index contributed by atoms with van der Waals surface area (Å²) in [5, 5.41) is 0. The molecule has 2 aromatic carbocycles. The molecule has 0 saturated carbocycles. The number of carbonyl (C=O) groups is 1. The molecule has 0 aromatic heterocycles. The maximum absolute atomic E-state index is 12.5. The average molecular weight is 361 g/mol. The van der Waals surface area contributed by atoms with Crippen molar-refractivity contribution in [3.05, 3.63) is 95.3 Å². The second kappa shape index (κ2) is 9.77. The summed E-state index contributed by atoms with van der Waals surface area (Å²) < 4.78 is 5.88. The smallest absolute Gasteiger partial charge is 0.226 e. The monoisotopic (exact) mass is 361 g/mol. The lowest BCUT2D eigenvalue weighted by Crippen LogP contribution is -2.29. The molecule has 3 rings (SSSR count). The third kappa shape index (κ3) is 6.14. The fourth-order valence-electron chi connectivity index (χ4n) is 3.07. The van der Waals surface area contributed by atoms with Crippen LogP contribution in [0.15, 0.2) is 84.1 Å². The summed E-state index contributed by atoms with van der Waals surface area (Å²) in [7, 11) is 1.89. The summed E-state index contributed by atoms with van der Waals surface area (Å²) in [5.74, 6) is 1.17. The highest BCUT2D eigenvalue weighted by Gasteiger charge is 2.14. The summed E-state index contributed by atoms with van der Waals surface area (Å²) in [5.41, 5.74) is 3.61. The molecule has 3 nitrogen and oxygen atoms in total. The molecule has 1 aliphatic carbocycles. The van der Waals surface area contributed by atoms with Crippen molar-refractivity contribution in [1.29, 1.82) is 0 Å². The lowest BCUT2D eigenvalue weighted by Gasteiger charge is -2.20. The molecular formula is C24H27NO2. The van der Waals surface area contributed by atoms with Gasteiger partial charge in [-0.2, -0.15) is 0 Å². The van der Waals surface area contributed by atoms with Gasteiger partial charge < -0.3 is 9.64 Å². The van der Waals surface area contributed by atoms with Gasteiger partial charge in [0.25, 0.3) is 0 Å². The van der Waals surface area contributed by atoms with Crippen LogP contribution in [0.1, 0.15) is 30.4 Å². The molecule has 0 atom stereocenters. The summed E-state index contributed by atoms with van der Waals surface area (Å²) in [6.07, 6.45) is 7.19. The van der Waals surface area contributed by atoms with Crippen LogP contribution in [0, 0.1) is 0 Å². The molecule has 0 unspecified atom stereocenters. The molecule has 1 amide bonds. The number of likely N-dealkylation sites (N-methyl/N-ethyl adjacent to an activating group) is 1. The van der Waals surface area contributed by atoms with E-state index in [4.69, 9.17) is 4.74 Å². The van der Waals surface area contributed by atoms with Crippen LogP contribution in [0.25, 0.3) is 0 Å². The van der Waals surface area contributed by atoms with Gasteiger partial charge in [0.15, 0.2) is 0 Å². The minimum atomic E-state index is 0.180.